The fourth-order valence-corrected chi connectivity index (χ4v) is 7.09. The molecule has 2 aromatic carbocycles. The molecule has 3 heteroatoms. The van der Waals surface area contributed by atoms with Crippen LogP contribution in [0.5, 0.6) is 0 Å². The van der Waals surface area contributed by atoms with E-state index in [9.17, 15) is 4.79 Å². The molecule has 0 saturated heterocycles. The van der Waals surface area contributed by atoms with Gasteiger partial charge < -0.3 is 4.43 Å². The van der Waals surface area contributed by atoms with Crippen molar-refractivity contribution >= 4 is 24.7 Å². The molecule has 0 fully saturated rings. The Labute approximate surface area is 127 Å². The fraction of sp³-hybridized carbons (Fsp3) is 0.222. The van der Waals surface area contributed by atoms with Crippen molar-refractivity contribution in [2.45, 2.75) is 25.8 Å². The summed E-state index contributed by atoms with van der Waals surface area (Å²) < 4.78 is 5.96. The number of carbonyl (C=O) groups excluding carboxylic acids is 1. The van der Waals surface area contributed by atoms with Crippen LogP contribution in [-0.4, -0.2) is 14.3 Å². The lowest BCUT2D eigenvalue weighted by molar-refractivity contribution is -0.130. The minimum absolute atomic E-state index is 0.191. The van der Waals surface area contributed by atoms with E-state index in [4.69, 9.17) is 4.43 Å². The molecule has 0 heterocycles. The van der Waals surface area contributed by atoms with Gasteiger partial charge >= 0.3 is 8.32 Å². The van der Waals surface area contributed by atoms with E-state index >= 15 is 0 Å². The van der Waals surface area contributed by atoms with Crippen LogP contribution >= 0.6 is 0 Å². The Balaban J connectivity index is 2.75. The lowest BCUT2D eigenvalue weighted by atomic mass is 10.2. The Morgan fingerprint density at radius 1 is 0.905 bits per heavy atom. The van der Waals surface area contributed by atoms with Gasteiger partial charge in [0.05, 0.1) is 6.92 Å². The van der Waals surface area contributed by atoms with Gasteiger partial charge in [0.2, 0.25) is 0 Å². The molecule has 0 aromatic heterocycles. The maximum atomic E-state index is 11.8. The Kier molecular flexibility index (Phi) is 4.33. The largest absolute Gasteiger partial charge is 0.510 e. The predicted molar refractivity (Wildman–Crippen MR) is 89.1 cm³/mol. The van der Waals surface area contributed by atoms with Crippen LogP contribution in [0.2, 0.25) is 5.04 Å². The molecule has 0 unspecified atom stereocenters. The maximum absolute atomic E-state index is 11.8. The predicted octanol–water partition coefficient (Wildman–Crippen LogP) is 2.92. The monoisotopic (exact) mass is 297 g/mol. The van der Waals surface area contributed by atoms with Crippen molar-refractivity contribution in [1.82, 2.24) is 0 Å². The van der Waals surface area contributed by atoms with Crippen LogP contribution in [0.4, 0.5) is 0 Å². The Hall–Kier alpha value is -1.87. The first-order valence-corrected chi connectivity index (χ1v) is 8.95. The highest BCUT2D eigenvalue weighted by Crippen LogP contribution is 2.36. The smallest absolute Gasteiger partial charge is 0.323 e. The molecule has 0 amide bonds. The molecule has 21 heavy (non-hydrogen) atoms. The van der Waals surface area contributed by atoms with Crippen LogP contribution in [0.15, 0.2) is 60.7 Å². The van der Waals surface area contributed by atoms with Crippen molar-refractivity contribution in [1.29, 1.82) is 0 Å². The maximum Gasteiger partial charge on any atom is 0.323 e. The lowest BCUT2D eigenvalue weighted by Crippen LogP contribution is -2.67. The topological polar surface area (TPSA) is 26.3 Å². The molecule has 0 spiro atoms. The third-order valence-corrected chi connectivity index (χ3v) is 8.62. The first-order valence-electron chi connectivity index (χ1n) is 7.04. The minimum atomic E-state index is -2.72. The summed E-state index contributed by atoms with van der Waals surface area (Å²) in [5, 5.41) is 1.98. The van der Waals surface area contributed by atoms with Gasteiger partial charge in [-0.2, -0.15) is 0 Å². The van der Waals surface area contributed by atoms with Crippen LogP contribution in [-0.2, 0) is 9.22 Å². The van der Waals surface area contributed by atoms with Crippen LogP contribution in [0.3, 0.4) is 0 Å². The van der Waals surface area contributed by atoms with E-state index in [0.29, 0.717) is 0 Å². The molecule has 2 rings (SSSR count). The minimum Gasteiger partial charge on any atom is -0.510 e. The average Bonchev–Trinajstić information content (AvgIpc) is 2.45. The van der Waals surface area contributed by atoms with Gasteiger partial charge in [-0.25, -0.2) is 0 Å². The van der Waals surface area contributed by atoms with Crippen molar-refractivity contribution in [3.63, 3.8) is 0 Å². The highest BCUT2D eigenvalue weighted by Gasteiger charge is 2.52. The number of hydrogen-bond donors (Lipinski definition) is 0. The van der Waals surface area contributed by atoms with E-state index in [1.165, 1.54) is 0 Å². The third kappa shape index (κ3) is 2.93. The van der Waals surface area contributed by atoms with Crippen LogP contribution < -0.4 is 10.4 Å². The second-order valence-electron chi connectivity index (χ2n) is 6.14. The highest BCUT2D eigenvalue weighted by atomic mass is 28.4. The zero-order valence-electron chi connectivity index (χ0n) is 12.8. The van der Waals surface area contributed by atoms with Crippen molar-refractivity contribution in [2.24, 2.45) is 0 Å². The van der Waals surface area contributed by atoms with Crippen molar-refractivity contribution < 1.29 is 9.22 Å². The highest BCUT2D eigenvalue weighted by molar-refractivity contribution is 7.00. The first-order chi connectivity index (χ1) is 9.88. The summed E-state index contributed by atoms with van der Waals surface area (Å²) in [5.41, 5.74) is 0. The van der Waals surface area contributed by atoms with E-state index in [2.05, 4.69) is 27.7 Å². The van der Waals surface area contributed by atoms with Crippen LogP contribution in [0.1, 0.15) is 20.8 Å². The second kappa shape index (κ2) is 5.86. The van der Waals surface area contributed by atoms with E-state index < -0.39 is 14.3 Å². The van der Waals surface area contributed by atoms with Crippen molar-refractivity contribution in [3.8, 4) is 0 Å². The molecule has 0 atom stereocenters. The molecule has 1 radical (unpaired) electrons. The molecule has 2 nitrogen and oxygen atoms in total. The molecule has 109 valence electrons. The van der Waals surface area contributed by atoms with Gasteiger partial charge in [-0.3, -0.25) is 4.79 Å². The normalized spacial score (nSPS) is 12.0. The molecular weight excluding hydrogens is 276 g/mol. The van der Waals surface area contributed by atoms with Gasteiger partial charge in [-0.05, 0) is 15.4 Å². The zero-order chi connectivity index (χ0) is 15.5. The fourth-order valence-electron chi connectivity index (χ4n) is 2.82. The summed E-state index contributed by atoms with van der Waals surface area (Å²) in [7, 11) is -2.72. The molecule has 0 saturated carbocycles. The summed E-state index contributed by atoms with van der Waals surface area (Å²) in [4.78, 5) is 11.8. The molecule has 0 aliphatic rings. The number of benzene rings is 2. The molecule has 0 bridgehead atoms. The van der Waals surface area contributed by atoms with Crippen LogP contribution in [0.25, 0.3) is 0 Å². The second-order valence-corrected chi connectivity index (χ2v) is 10.4. The quantitative estimate of drug-likeness (QED) is 0.814. The Morgan fingerprint density at radius 3 is 1.57 bits per heavy atom. The van der Waals surface area contributed by atoms with Gasteiger partial charge in [-0.15, -0.1) is 0 Å². The number of hydrogen-bond acceptors (Lipinski definition) is 2. The zero-order valence-corrected chi connectivity index (χ0v) is 13.8. The SMILES string of the molecule is [CH2]C(=O)O[Si](c1ccccc1)(c1ccccc1)C(C)(C)C. The number of rotatable bonds is 3. The van der Waals surface area contributed by atoms with E-state index in [1.807, 2.05) is 60.7 Å². The molecule has 0 aliphatic carbocycles. The van der Waals surface area contributed by atoms with E-state index in [0.717, 1.165) is 10.4 Å². The first kappa shape index (κ1) is 15.5. The lowest BCUT2D eigenvalue weighted by Gasteiger charge is -2.41. The summed E-state index contributed by atoms with van der Waals surface area (Å²) in [6.45, 7) is 9.84. The van der Waals surface area contributed by atoms with Gasteiger partial charge in [0.1, 0.15) is 0 Å². The summed E-state index contributed by atoms with van der Waals surface area (Å²) in [6.07, 6.45) is 0. The van der Waals surface area contributed by atoms with E-state index in [-0.39, 0.29) is 5.04 Å². The average molecular weight is 297 g/mol. The Morgan fingerprint density at radius 2 is 1.29 bits per heavy atom. The van der Waals surface area contributed by atoms with Crippen molar-refractivity contribution in [3.05, 3.63) is 67.6 Å². The van der Waals surface area contributed by atoms with Gasteiger partial charge in [-0.1, -0.05) is 81.4 Å². The molecule has 0 aliphatic heterocycles. The standard InChI is InChI=1S/C18H21O2Si/c1-15(19)20-21(18(2,3)4,16-11-7-5-8-12-16)17-13-9-6-10-14-17/h5-14H,1H2,2-4H3. The van der Waals surface area contributed by atoms with Crippen molar-refractivity contribution in [2.75, 3.05) is 0 Å². The van der Waals surface area contributed by atoms with Gasteiger partial charge in [0, 0.05) is 0 Å². The van der Waals surface area contributed by atoms with Gasteiger partial charge in [0.25, 0.3) is 5.97 Å². The summed E-state index contributed by atoms with van der Waals surface area (Å²) in [5.74, 6) is -0.468. The summed E-state index contributed by atoms with van der Waals surface area (Å²) in [6, 6.07) is 20.1. The molecular formula is C18H21O2Si. The number of carbonyl (C=O) groups is 1. The van der Waals surface area contributed by atoms with Gasteiger partial charge in [0.15, 0.2) is 0 Å². The summed E-state index contributed by atoms with van der Waals surface area (Å²) >= 11 is 0. The molecule has 0 N–H and O–H groups in total. The molecule has 2 aromatic rings. The van der Waals surface area contributed by atoms with Crippen LogP contribution in [0, 0.1) is 6.92 Å². The van der Waals surface area contributed by atoms with E-state index in [1.54, 1.807) is 0 Å². The Bertz CT molecular complexity index is 561. The third-order valence-electron chi connectivity index (χ3n) is 3.68.